The van der Waals surface area contributed by atoms with Gasteiger partial charge in [0.1, 0.15) is 30.0 Å². The summed E-state index contributed by atoms with van der Waals surface area (Å²) in [6.07, 6.45) is 4.47. The molecule has 6 rings (SSSR count). The van der Waals surface area contributed by atoms with E-state index in [9.17, 15) is 39.9 Å². The van der Waals surface area contributed by atoms with Gasteiger partial charge in [-0.25, -0.2) is 0 Å². The number of phenolic OH excluding ortho intramolecular Hbond substituents is 3. The van der Waals surface area contributed by atoms with E-state index in [1.807, 2.05) is 30.3 Å². The Bertz CT molecular complexity index is 2230. The molecule has 0 aliphatic carbocycles. The molecule has 5 bridgehead atoms. The molecule has 0 radical (unpaired) electrons. The van der Waals surface area contributed by atoms with Crippen molar-refractivity contribution in [1.29, 1.82) is 0 Å². The van der Waals surface area contributed by atoms with Crippen LogP contribution < -0.4 is 10.1 Å². The number of hydrogen-bond donors (Lipinski definition) is 6. The van der Waals surface area contributed by atoms with Gasteiger partial charge < -0.3 is 54.6 Å². The van der Waals surface area contributed by atoms with E-state index in [0.29, 0.717) is 0 Å². The summed E-state index contributed by atoms with van der Waals surface area (Å²) in [7, 11) is 1.43. The molecular weight excluding hydrogens is 776 g/mol. The van der Waals surface area contributed by atoms with E-state index in [-0.39, 0.29) is 51.1 Å². The van der Waals surface area contributed by atoms with Gasteiger partial charge in [-0.15, -0.1) is 0 Å². The number of esters is 1. The first-order valence-electron chi connectivity index (χ1n) is 19.6. The topological polar surface area (TPSA) is 223 Å². The molecule has 3 aromatic rings. The molecule has 3 aliphatic heterocycles. The molecule has 0 aromatic heterocycles. The van der Waals surface area contributed by atoms with Crippen LogP contribution in [0.15, 0.2) is 71.6 Å². The van der Waals surface area contributed by atoms with Crippen LogP contribution in [-0.2, 0) is 35.2 Å². The van der Waals surface area contributed by atoms with Crippen LogP contribution in [0, 0.1) is 30.6 Å². The second-order valence-corrected chi connectivity index (χ2v) is 15.6. The van der Waals surface area contributed by atoms with E-state index in [4.69, 9.17) is 23.8 Å². The minimum absolute atomic E-state index is 0.0270. The number of benzene rings is 3. The zero-order chi connectivity index (χ0) is 44.2. The Morgan fingerprint density at radius 1 is 0.933 bits per heavy atom. The predicted molar refractivity (Wildman–Crippen MR) is 223 cm³/mol. The molecule has 322 valence electrons. The van der Waals surface area contributed by atoms with Crippen LogP contribution in [0.25, 0.3) is 10.8 Å². The highest BCUT2D eigenvalue weighted by atomic mass is 16.7. The maximum Gasteiger partial charge on any atom is 0.312 e. The normalized spacial score (nSPS) is 27.8. The maximum absolute atomic E-state index is 14.4. The number of aliphatic hydroxyl groups is 2. The zero-order valence-electron chi connectivity index (χ0n) is 35.1. The molecule has 3 aromatic carbocycles. The van der Waals surface area contributed by atoms with Gasteiger partial charge >= 0.3 is 11.8 Å². The van der Waals surface area contributed by atoms with Gasteiger partial charge in [0.25, 0.3) is 11.7 Å². The van der Waals surface area contributed by atoms with Crippen molar-refractivity contribution in [2.45, 2.75) is 92.2 Å². The summed E-state index contributed by atoms with van der Waals surface area (Å²) in [6, 6.07) is 9.10. The largest absolute Gasteiger partial charge is 0.507 e. The SMILES string of the molecule is COC1C=COC2(C)Oc3c(C)c(O)c4c(O)c(c(/C=N/OCc5ccccc5)c(O)c4c3C2=O)NC(=O)C(C)=CC=CC(C)C(O)C(C)C(O)C(C)C(OC(C)=O)C1C. The number of ketones is 1. The number of nitrogens with zero attached hydrogens (tertiary/aromatic N) is 1. The van der Waals surface area contributed by atoms with Crippen molar-refractivity contribution in [3.05, 3.63) is 88.7 Å². The van der Waals surface area contributed by atoms with Gasteiger partial charge in [0.2, 0.25) is 0 Å². The van der Waals surface area contributed by atoms with Crippen LogP contribution in [0.2, 0.25) is 0 Å². The van der Waals surface area contributed by atoms with Crippen LogP contribution in [0.5, 0.6) is 23.0 Å². The van der Waals surface area contributed by atoms with Crippen LogP contribution in [0.4, 0.5) is 5.69 Å². The average Bonchev–Trinajstić information content (AvgIpc) is 3.48. The van der Waals surface area contributed by atoms with Crippen LogP contribution in [0.1, 0.15) is 75.5 Å². The standard InChI is InChI=1S/C45H54N2O13/c1-22-14-13-15-23(2)44(55)47-35-30(20-46-58-21-29-16-11-10-12-17-29)39(52)32-33(40(35)53)38(51)27(6)42-34(32)43(54)45(8,60-42)57-19-18-31(56-9)24(3)41(59-28(7)48)26(5)37(50)25(4)36(22)49/h10-20,22,24-26,31,36-37,41,49-53H,21H2,1-9H3,(H,47,55)/b14-13?,19-18?,23-15?,46-20+. The monoisotopic (exact) mass is 830 g/mol. The van der Waals surface area contributed by atoms with Gasteiger partial charge in [0.15, 0.2) is 5.75 Å². The lowest BCUT2D eigenvalue weighted by molar-refractivity contribution is -0.160. The molecule has 15 nitrogen and oxygen atoms in total. The number of rotatable bonds is 6. The van der Waals surface area contributed by atoms with Gasteiger partial charge in [-0.2, -0.15) is 0 Å². The molecule has 0 fully saturated rings. The third-order valence-corrected chi connectivity index (χ3v) is 11.4. The highest BCUT2D eigenvalue weighted by molar-refractivity contribution is 6.23. The fraction of sp³-hybridized carbons (Fsp3) is 0.422. The lowest BCUT2D eigenvalue weighted by atomic mass is 9.78. The lowest BCUT2D eigenvalue weighted by Crippen LogP contribution is -2.46. The van der Waals surface area contributed by atoms with Gasteiger partial charge in [-0.05, 0) is 25.5 Å². The fourth-order valence-corrected chi connectivity index (χ4v) is 7.65. The number of hydrogen-bond acceptors (Lipinski definition) is 14. The second kappa shape index (κ2) is 18.6. The fourth-order valence-electron chi connectivity index (χ4n) is 7.65. The van der Waals surface area contributed by atoms with Crippen LogP contribution >= 0.6 is 0 Å². The van der Waals surface area contributed by atoms with Crippen molar-refractivity contribution in [3.63, 3.8) is 0 Å². The number of nitrogens with one attached hydrogen (secondary N) is 1. The van der Waals surface area contributed by atoms with E-state index in [1.165, 1.54) is 53.2 Å². The molecule has 9 atom stereocenters. The molecular formula is C45H54N2O13. The number of oxime groups is 1. The number of Topliss-reactive ketones (excluding diaryl/α,β-unsaturated/α-hetero) is 1. The van der Waals surface area contributed by atoms with Gasteiger partial charge in [0, 0.05) is 61.2 Å². The van der Waals surface area contributed by atoms with Crippen molar-refractivity contribution in [1.82, 2.24) is 0 Å². The van der Waals surface area contributed by atoms with Crippen molar-refractivity contribution >= 4 is 40.3 Å². The van der Waals surface area contributed by atoms with E-state index in [1.54, 1.807) is 39.8 Å². The Balaban J connectivity index is 1.69. The number of carbonyl (C=O) groups is 3. The summed E-state index contributed by atoms with van der Waals surface area (Å²) in [4.78, 5) is 45.9. The maximum atomic E-state index is 14.4. The Hall–Kier alpha value is -5.90. The number of fused-ring (bicyclic) bond motifs is 14. The number of carbonyl (C=O) groups excluding carboxylic acids is 3. The summed E-state index contributed by atoms with van der Waals surface area (Å²) < 4.78 is 23.5. The Labute approximate surface area is 348 Å². The number of anilines is 1. The highest BCUT2D eigenvalue weighted by Gasteiger charge is 2.50. The first kappa shape index (κ1) is 45.2. The summed E-state index contributed by atoms with van der Waals surface area (Å²) in [5.41, 5.74) is 0.113. The molecule has 3 aliphatic rings. The summed E-state index contributed by atoms with van der Waals surface area (Å²) in [6.45, 7) is 12.4. The molecule has 0 saturated heterocycles. The van der Waals surface area contributed by atoms with Crippen LogP contribution in [0.3, 0.4) is 0 Å². The molecule has 3 heterocycles. The predicted octanol–water partition coefficient (Wildman–Crippen LogP) is 6.30. The molecule has 0 spiro atoms. The lowest BCUT2D eigenvalue weighted by Gasteiger charge is -2.38. The number of amides is 1. The van der Waals surface area contributed by atoms with Gasteiger partial charge in [-0.1, -0.05) is 81.4 Å². The first-order chi connectivity index (χ1) is 28.3. The summed E-state index contributed by atoms with van der Waals surface area (Å²) >= 11 is 0. The van der Waals surface area contributed by atoms with Crippen molar-refractivity contribution < 1.29 is 63.7 Å². The third kappa shape index (κ3) is 8.98. The smallest absolute Gasteiger partial charge is 0.312 e. The zero-order valence-corrected chi connectivity index (χ0v) is 35.1. The number of allylic oxidation sites excluding steroid dienone is 2. The third-order valence-electron chi connectivity index (χ3n) is 11.4. The van der Waals surface area contributed by atoms with Crippen molar-refractivity contribution in [3.8, 4) is 23.0 Å². The van der Waals surface area contributed by atoms with E-state index in [2.05, 4.69) is 10.5 Å². The van der Waals surface area contributed by atoms with E-state index in [0.717, 1.165) is 11.8 Å². The van der Waals surface area contributed by atoms with E-state index >= 15 is 0 Å². The Morgan fingerprint density at radius 2 is 1.62 bits per heavy atom. The van der Waals surface area contributed by atoms with Crippen molar-refractivity contribution in [2.24, 2.45) is 28.8 Å². The van der Waals surface area contributed by atoms with E-state index < -0.39 is 88.8 Å². The van der Waals surface area contributed by atoms with Gasteiger partial charge in [-0.3, -0.25) is 14.4 Å². The second-order valence-electron chi connectivity index (χ2n) is 15.6. The number of aliphatic hydroxyl groups excluding tert-OH is 2. The molecule has 0 saturated carbocycles. The van der Waals surface area contributed by atoms with Gasteiger partial charge in [0.05, 0.1) is 53.0 Å². The summed E-state index contributed by atoms with van der Waals surface area (Å²) in [5, 5.41) is 64.2. The minimum atomic E-state index is -2.07. The highest BCUT2D eigenvalue weighted by Crippen LogP contribution is 2.55. The average molecular weight is 831 g/mol. The molecule has 15 heteroatoms. The Kier molecular flexibility index (Phi) is 14.0. The molecule has 1 amide bonds. The quantitative estimate of drug-likeness (QED) is 0.0528. The van der Waals surface area contributed by atoms with Crippen LogP contribution in [-0.4, -0.2) is 86.7 Å². The number of phenols is 3. The first-order valence-corrected chi connectivity index (χ1v) is 19.6. The minimum Gasteiger partial charge on any atom is -0.507 e. The Morgan fingerprint density at radius 3 is 2.27 bits per heavy atom. The molecule has 60 heavy (non-hydrogen) atoms. The van der Waals surface area contributed by atoms with Crippen molar-refractivity contribution in [2.75, 3.05) is 12.4 Å². The number of ether oxygens (including phenoxy) is 4. The molecule has 9 unspecified atom stereocenters. The summed E-state index contributed by atoms with van der Waals surface area (Å²) in [5.74, 6) is -8.73. The number of aromatic hydroxyl groups is 3. The number of methoxy groups -OCH3 is 1. The molecule has 6 N–H and O–H groups in total.